The standard InChI is InChI=1S/C21H14Cl2F3N3O4.HNO2S/c1-12(16-9-14(22)5-7-17(16)21(24,25)26)28-32-11-13-3-2-4-18(20(13)23)33-19-8-6-15(10-27-19)29(30)31;1-4(2)3/h2-10H,11H2,1H3;1H/b28-12+;. The largest absolute Gasteiger partial charge is 0.437 e. The Labute approximate surface area is 218 Å². The Bertz CT molecular complexity index is 1410. The van der Waals surface area contributed by atoms with E-state index in [2.05, 4.69) is 10.1 Å². The molecule has 2 aromatic carbocycles. The Morgan fingerprint density at radius 3 is 2.43 bits per heavy atom. The van der Waals surface area contributed by atoms with Crippen LogP contribution in [0.5, 0.6) is 11.6 Å². The third-order valence-electron chi connectivity index (χ3n) is 4.29. The van der Waals surface area contributed by atoms with Crippen LogP contribution in [-0.2, 0) is 28.1 Å². The minimum absolute atomic E-state index is 0.0246. The first-order valence-corrected chi connectivity index (χ1v) is 11.5. The molecule has 0 unspecified atom stereocenters. The molecule has 0 saturated heterocycles. The van der Waals surface area contributed by atoms with Gasteiger partial charge in [-0.3, -0.25) is 10.1 Å². The zero-order valence-electron chi connectivity index (χ0n) is 18.5. The summed E-state index contributed by atoms with van der Waals surface area (Å²) in [6, 6.07) is 10.5. The predicted octanol–water partition coefficient (Wildman–Crippen LogP) is 6.68. The molecule has 16 heteroatoms. The Hall–Kier alpha value is -3.75. The molecule has 0 aliphatic heterocycles. The molecule has 0 aliphatic carbocycles. The molecule has 1 N–H and O–H groups in total. The summed E-state index contributed by atoms with van der Waals surface area (Å²) >= 11 is 12.2. The van der Waals surface area contributed by atoms with Gasteiger partial charge in [0.2, 0.25) is 5.88 Å². The lowest BCUT2D eigenvalue weighted by molar-refractivity contribution is -0.385. The van der Waals surface area contributed by atoms with Crippen LogP contribution >= 0.6 is 23.2 Å². The summed E-state index contributed by atoms with van der Waals surface area (Å²) < 4.78 is 68.2. The summed E-state index contributed by atoms with van der Waals surface area (Å²) in [5, 5.41) is 14.8. The van der Waals surface area contributed by atoms with Crippen molar-refractivity contribution in [2.45, 2.75) is 19.7 Å². The van der Waals surface area contributed by atoms with Crippen molar-refractivity contribution < 1.29 is 36.1 Å². The quantitative estimate of drug-likeness (QED) is 0.187. The highest BCUT2D eigenvalue weighted by Gasteiger charge is 2.34. The number of hydrogen-bond donors (Lipinski definition) is 1. The van der Waals surface area contributed by atoms with E-state index in [0.29, 0.717) is 5.56 Å². The number of ether oxygens (including phenoxy) is 1. The van der Waals surface area contributed by atoms with Crippen LogP contribution in [0.3, 0.4) is 0 Å². The fourth-order valence-corrected chi connectivity index (χ4v) is 3.10. The highest BCUT2D eigenvalue weighted by atomic mass is 35.5. The third kappa shape index (κ3) is 9.00. The molecule has 196 valence electrons. The average Bonchev–Trinajstić information content (AvgIpc) is 2.80. The van der Waals surface area contributed by atoms with Gasteiger partial charge in [-0.1, -0.05) is 40.5 Å². The van der Waals surface area contributed by atoms with Crippen molar-refractivity contribution in [1.29, 1.82) is 4.78 Å². The lowest BCUT2D eigenvalue weighted by Gasteiger charge is -2.13. The molecular weight excluding hydrogens is 564 g/mol. The van der Waals surface area contributed by atoms with Crippen molar-refractivity contribution >= 4 is 45.1 Å². The van der Waals surface area contributed by atoms with Crippen molar-refractivity contribution in [1.82, 2.24) is 4.98 Å². The van der Waals surface area contributed by atoms with E-state index in [-0.39, 0.29) is 45.2 Å². The molecule has 0 bridgehead atoms. The van der Waals surface area contributed by atoms with Crippen molar-refractivity contribution in [2.24, 2.45) is 5.16 Å². The topological polar surface area (TPSA) is 145 Å². The Balaban J connectivity index is 0.00000112. The van der Waals surface area contributed by atoms with E-state index in [1.807, 2.05) is 0 Å². The van der Waals surface area contributed by atoms with E-state index in [4.69, 9.17) is 46.0 Å². The minimum Gasteiger partial charge on any atom is -0.437 e. The first-order valence-electron chi connectivity index (χ1n) is 9.69. The monoisotopic (exact) mass is 578 g/mol. The molecule has 3 aromatic rings. The summed E-state index contributed by atoms with van der Waals surface area (Å²) in [7, 11) is -2.61. The Morgan fingerprint density at radius 2 is 1.86 bits per heavy atom. The number of halogens is 5. The van der Waals surface area contributed by atoms with E-state index in [1.54, 1.807) is 18.2 Å². The maximum atomic E-state index is 13.3. The summed E-state index contributed by atoms with van der Waals surface area (Å²) in [4.78, 5) is 19.2. The number of nitrogens with zero attached hydrogens (tertiary/aromatic N) is 3. The summed E-state index contributed by atoms with van der Waals surface area (Å²) in [5.74, 6) is 0.282. The van der Waals surface area contributed by atoms with Gasteiger partial charge in [-0.15, -0.1) is 0 Å². The number of nitro groups is 1. The molecule has 0 atom stereocenters. The van der Waals surface area contributed by atoms with Crippen LogP contribution in [0.25, 0.3) is 0 Å². The molecular formula is C21H15Cl2F3N4O6S. The molecule has 0 aliphatic rings. The van der Waals surface area contributed by atoms with Crippen LogP contribution in [0.1, 0.15) is 23.6 Å². The SMILES string of the molecule is C/C(=N\OCc1cccc(Oc2ccc([N+](=O)[O-])cn2)c1Cl)c1cc(Cl)ccc1C(F)(F)F.N=S(=O)=O. The van der Waals surface area contributed by atoms with Gasteiger partial charge in [0.25, 0.3) is 5.69 Å². The van der Waals surface area contributed by atoms with Crippen LogP contribution in [-0.4, -0.2) is 24.0 Å². The molecule has 0 fully saturated rings. The maximum absolute atomic E-state index is 13.3. The summed E-state index contributed by atoms with van der Waals surface area (Å²) in [6.07, 6.45) is -3.55. The van der Waals surface area contributed by atoms with E-state index >= 15 is 0 Å². The molecule has 10 nitrogen and oxygen atoms in total. The fourth-order valence-electron chi connectivity index (χ4n) is 2.71. The van der Waals surface area contributed by atoms with Crippen LogP contribution in [0.15, 0.2) is 59.9 Å². The second-order valence-electron chi connectivity index (χ2n) is 6.82. The molecule has 37 heavy (non-hydrogen) atoms. The number of pyridine rings is 1. The van der Waals surface area contributed by atoms with Crippen molar-refractivity contribution in [3.63, 3.8) is 0 Å². The molecule has 1 aromatic heterocycles. The molecule has 0 spiro atoms. The first kappa shape index (κ1) is 29.5. The molecule has 0 saturated carbocycles. The Kier molecular flexibility index (Phi) is 10.3. The number of hydrogen-bond acceptors (Lipinski definition) is 9. The van der Waals surface area contributed by atoms with E-state index in [9.17, 15) is 23.3 Å². The van der Waals surface area contributed by atoms with Crippen molar-refractivity contribution in [2.75, 3.05) is 0 Å². The summed E-state index contributed by atoms with van der Waals surface area (Å²) in [5.41, 5.74) is -0.876. The average molecular weight is 579 g/mol. The first-order chi connectivity index (χ1) is 17.3. The van der Waals surface area contributed by atoms with Gasteiger partial charge in [0, 0.05) is 28.3 Å². The molecule has 0 radical (unpaired) electrons. The van der Waals surface area contributed by atoms with Crippen LogP contribution in [0.4, 0.5) is 18.9 Å². The number of benzene rings is 2. The number of alkyl halides is 3. The Morgan fingerprint density at radius 1 is 1.19 bits per heavy atom. The van der Waals surface area contributed by atoms with Gasteiger partial charge in [-0.2, -0.15) is 26.4 Å². The second-order valence-corrected chi connectivity index (χ2v) is 8.10. The van der Waals surface area contributed by atoms with Gasteiger partial charge < -0.3 is 9.57 Å². The zero-order valence-corrected chi connectivity index (χ0v) is 20.8. The van der Waals surface area contributed by atoms with Gasteiger partial charge in [0.1, 0.15) is 18.6 Å². The maximum Gasteiger partial charge on any atom is 0.417 e. The second kappa shape index (κ2) is 13.0. The van der Waals surface area contributed by atoms with Crippen LogP contribution in [0.2, 0.25) is 10.0 Å². The van der Waals surface area contributed by atoms with Crippen LogP contribution in [0, 0.1) is 14.9 Å². The highest BCUT2D eigenvalue weighted by Crippen LogP contribution is 2.34. The smallest absolute Gasteiger partial charge is 0.417 e. The predicted molar refractivity (Wildman–Crippen MR) is 128 cm³/mol. The highest BCUT2D eigenvalue weighted by molar-refractivity contribution is 7.60. The molecule has 0 amide bonds. The van der Waals surface area contributed by atoms with Crippen molar-refractivity contribution in [3.05, 3.63) is 91.6 Å². The van der Waals surface area contributed by atoms with Crippen LogP contribution < -0.4 is 4.74 Å². The number of aromatic nitrogens is 1. The number of rotatable bonds is 7. The molecule has 3 rings (SSSR count). The normalized spacial score (nSPS) is 11.2. The van der Waals surface area contributed by atoms with Gasteiger partial charge in [-0.05, 0) is 31.2 Å². The molecule has 1 heterocycles. The fraction of sp³-hybridized carbons (Fsp3) is 0.143. The van der Waals surface area contributed by atoms with E-state index in [0.717, 1.165) is 24.4 Å². The van der Waals surface area contributed by atoms with Gasteiger partial charge in [-0.25, -0.2) is 4.98 Å². The lowest BCUT2D eigenvalue weighted by atomic mass is 10.0. The minimum atomic E-state index is -4.59. The third-order valence-corrected chi connectivity index (χ3v) is 4.95. The van der Waals surface area contributed by atoms with Gasteiger partial charge in [0.15, 0.2) is 0 Å². The number of nitrogens with one attached hydrogen (secondary N) is 1. The summed E-state index contributed by atoms with van der Waals surface area (Å²) in [6.45, 7) is 1.20. The van der Waals surface area contributed by atoms with E-state index in [1.165, 1.54) is 19.1 Å². The van der Waals surface area contributed by atoms with Gasteiger partial charge in [0.05, 0.1) is 21.2 Å². The van der Waals surface area contributed by atoms with Crippen molar-refractivity contribution in [3.8, 4) is 11.6 Å². The van der Waals surface area contributed by atoms with Gasteiger partial charge >= 0.3 is 16.7 Å². The lowest BCUT2D eigenvalue weighted by Crippen LogP contribution is -2.12. The zero-order chi connectivity index (χ0) is 27.8. The van der Waals surface area contributed by atoms with E-state index < -0.39 is 27.2 Å². The number of oxime groups is 1.